The van der Waals surface area contributed by atoms with E-state index in [1.807, 2.05) is 0 Å². The monoisotopic (exact) mass is 274 g/mol. The molecule has 0 bridgehead atoms. The van der Waals surface area contributed by atoms with Crippen LogP contribution in [0.4, 0.5) is 0 Å². The van der Waals surface area contributed by atoms with Crippen LogP contribution in [-0.4, -0.2) is 33.8 Å². The Morgan fingerprint density at radius 2 is 2.05 bits per heavy atom. The van der Waals surface area contributed by atoms with Gasteiger partial charge in [0, 0.05) is 31.1 Å². The second kappa shape index (κ2) is 6.86. The highest BCUT2D eigenvalue weighted by atomic mass is 15.3. The molecule has 0 aliphatic heterocycles. The van der Waals surface area contributed by atoms with Crippen LogP contribution in [0.15, 0.2) is 24.3 Å². The molecule has 0 unspecified atom stereocenters. The molecular weight excluding hydrogens is 248 g/mol. The van der Waals surface area contributed by atoms with Gasteiger partial charge in [-0.1, -0.05) is 18.2 Å². The fourth-order valence-corrected chi connectivity index (χ4v) is 2.56. The first-order valence-electron chi connectivity index (χ1n) is 7.56. The molecule has 4 nitrogen and oxygen atoms in total. The lowest BCUT2D eigenvalue weighted by Crippen LogP contribution is -2.32. The highest BCUT2D eigenvalue weighted by Gasteiger charge is 2.15. The Morgan fingerprint density at radius 1 is 1.30 bits per heavy atom. The Balaban J connectivity index is 2.27. The molecule has 0 saturated heterocycles. The molecule has 1 aromatic carbocycles. The van der Waals surface area contributed by atoms with Crippen LogP contribution in [0.2, 0.25) is 0 Å². The van der Waals surface area contributed by atoms with Crippen LogP contribution in [0, 0.1) is 0 Å². The maximum atomic E-state index is 5.64. The molecule has 0 saturated carbocycles. The molecule has 2 aromatic rings. The second-order valence-corrected chi connectivity index (χ2v) is 5.49. The Kier molecular flexibility index (Phi) is 5.15. The van der Waals surface area contributed by atoms with E-state index in [1.54, 1.807) is 0 Å². The third-order valence-corrected chi connectivity index (χ3v) is 3.77. The van der Waals surface area contributed by atoms with E-state index < -0.39 is 0 Å². The van der Waals surface area contributed by atoms with Gasteiger partial charge in [-0.15, -0.1) is 0 Å². The zero-order chi connectivity index (χ0) is 14.5. The minimum absolute atomic E-state index is 0.507. The van der Waals surface area contributed by atoms with E-state index >= 15 is 0 Å². The number of rotatable bonds is 7. The molecular formula is C16H26N4. The zero-order valence-corrected chi connectivity index (χ0v) is 12.8. The van der Waals surface area contributed by atoms with Crippen molar-refractivity contribution < 1.29 is 0 Å². The summed E-state index contributed by atoms with van der Waals surface area (Å²) in [7, 11) is 0. The lowest BCUT2D eigenvalue weighted by molar-refractivity contribution is 0.209. The van der Waals surface area contributed by atoms with E-state index in [1.165, 1.54) is 16.6 Å². The maximum Gasteiger partial charge on any atom is 0.0843 e. The van der Waals surface area contributed by atoms with Crippen molar-refractivity contribution >= 4 is 10.9 Å². The summed E-state index contributed by atoms with van der Waals surface area (Å²) in [5.41, 5.74) is 8.04. The van der Waals surface area contributed by atoms with Crippen molar-refractivity contribution in [2.75, 3.05) is 13.1 Å². The van der Waals surface area contributed by atoms with Gasteiger partial charge in [0.05, 0.1) is 11.2 Å². The third kappa shape index (κ3) is 3.19. The molecule has 2 N–H and O–H groups in total. The fourth-order valence-electron chi connectivity index (χ4n) is 2.56. The summed E-state index contributed by atoms with van der Waals surface area (Å²) in [5.74, 6) is 0. The summed E-state index contributed by atoms with van der Waals surface area (Å²) in [6.45, 7) is 10.2. The number of benzene rings is 1. The number of fused-ring (bicyclic) bond motifs is 1. The molecule has 0 radical (unpaired) electrons. The number of nitrogens with two attached hydrogens (primary N) is 1. The summed E-state index contributed by atoms with van der Waals surface area (Å²) in [6.07, 6.45) is 1.03. The molecule has 0 aliphatic carbocycles. The molecule has 20 heavy (non-hydrogen) atoms. The normalized spacial score (nSPS) is 11.9. The van der Waals surface area contributed by atoms with Gasteiger partial charge < -0.3 is 5.73 Å². The van der Waals surface area contributed by atoms with E-state index in [2.05, 4.69) is 54.6 Å². The van der Waals surface area contributed by atoms with Gasteiger partial charge >= 0.3 is 0 Å². The number of hydrogen-bond donors (Lipinski definition) is 1. The quantitative estimate of drug-likeness (QED) is 0.844. The Labute approximate surface area is 121 Å². The maximum absolute atomic E-state index is 5.64. The van der Waals surface area contributed by atoms with E-state index in [4.69, 9.17) is 10.8 Å². The van der Waals surface area contributed by atoms with E-state index in [0.29, 0.717) is 6.04 Å². The number of aromatic nitrogens is 2. The van der Waals surface area contributed by atoms with Gasteiger partial charge in [-0.2, -0.15) is 5.10 Å². The van der Waals surface area contributed by atoms with Crippen LogP contribution in [0.3, 0.4) is 0 Å². The second-order valence-electron chi connectivity index (χ2n) is 5.49. The molecule has 0 fully saturated rings. The van der Waals surface area contributed by atoms with E-state index in [9.17, 15) is 0 Å². The molecule has 4 heteroatoms. The first-order chi connectivity index (χ1) is 9.67. The minimum atomic E-state index is 0.507. The standard InChI is InChI=1S/C16H26N4/c1-4-20-16-9-6-5-8-14(16)15(18-20)12-19(13(2)3)11-7-10-17/h5-6,8-9,13H,4,7,10-12,17H2,1-3H3. The highest BCUT2D eigenvalue weighted by molar-refractivity contribution is 5.81. The van der Waals surface area contributed by atoms with Crippen LogP contribution < -0.4 is 5.73 Å². The van der Waals surface area contributed by atoms with Crippen LogP contribution in [0.1, 0.15) is 32.9 Å². The molecule has 2 rings (SSSR count). The molecule has 1 heterocycles. The summed E-state index contributed by atoms with van der Waals surface area (Å²) in [4.78, 5) is 2.45. The number of para-hydroxylation sites is 1. The summed E-state index contributed by atoms with van der Waals surface area (Å²) in [5, 5.41) is 6.05. The summed E-state index contributed by atoms with van der Waals surface area (Å²) >= 11 is 0. The zero-order valence-electron chi connectivity index (χ0n) is 12.8. The van der Waals surface area contributed by atoms with Crippen molar-refractivity contribution in [3.63, 3.8) is 0 Å². The van der Waals surface area contributed by atoms with Crippen molar-refractivity contribution in [3.05, 3.63) is 30.0 Å². The lowest BCUT2D eigenvalue weighted by Gasteiger charge is -2.25. The third-order valence-electron chi connectivity index (χ3n) is 3.77. The average Bonchev–Trinajstić information content (AvgIpc) is 2.81. The van der Waals surface area contributed by atoms with Crippen LogP contribution in [0.5, 0.6) is 0 Å². The van der Waals surface area contributed by atoms with Crippen LogP contribution >= 0.6 is 0 Å². The Bertz CT molecular complexity index is 544. The first-order valence-corrected chi connectivity index (χ1v) is 7.56. The largest absolute Gasteiger partial charge is 0.330 e. The van der Waals surface area contributed by atoms with Crippen LogP contribution in [0.25, 0.3) is 10.9 Å². The van der Waals surface area contributed by atoms with Crippen molar-refractivity contribution in [1.29, 1.82) is 0 Å². The van der Waals surface area contributed by atoms with Crippen molar-refractivity contribution in [3.8, 4) is 0 Å². The molecule has 0 spiro atoms. The Hall–Kier alpha value is -1.39. The van der Waals surface area contributed by atoms with Gasteiger partial charge in [0.1, 0.15) is 0 Å². The predicted molar refractivity (Wildman–Crippen MR) is 84.6 cm³/mol. The van der Waals surface area contributed by atoms with Crippen molar-refractivity contribution in [2.24, 2.45) is 5.73 Å². The van der Waals surface area contributed by atoms with Gasteiger partial charge in [0.25, 0.3) is 0 Å². The van der Waals surface area contributed by atoms with Gasteiger partial charge in [-0.25, -0.2) is 0 Å². The fraction of sp³-hybridized carbons (Fsp3) is 0.562. The average molecular weight is 274 g/mol. The minimum Gasteiger partial charge on any atom is -0.330 e. The molecule has 110 valence electrons. The van der Waals surface area contributed by atoms with Crippen molar-refractivity contribution in [1.82, 2.24) is 14.7 Å². The topological polar surface area (TPSA) is 47.1 Å². The Morgan fingerprint density at radius 3 is 2.70 bits per heavy atom. The summed E-state index contributed by atoms with van der Waals surface area (Å²) in [6, 6.07) is 8.99. The summed E-state index contributed by atoms with van der Waals surface area (Å²) < 4.78 is 2.09. The lowest BCUT2D eigenvalue weighted by atomic mass is 10.2. The molecule has 0 aliphatic rings. The molecule has 0 amide bonds. The smallest absolute Gasteiger partial charge is 0.0843 e. The number of nitrogens with zero attached hydrogens (tertiary/aromatic N) is 3. The van der Waals surface area contributed by atoms with Crippen molar-refractivity contribution in [2.45, 2.75) is 46.3 Å². The SMILES string of the molecule is CCn1nc(CN(CCCN)C(C)C)c2ccccc21. The molecule has 1 aromatic heterocycles. The van der Waals surface area contributed by atoms with Gasteiger partial charge in [-0.05, 0) is 39.8 Å². The van der Waals surface area contributed by atoms with Crippen LogP contribution in [-0.2, 0) is 13.1 Å². The highest BCUT2D eigenvalue weighted by Crippen LogP contribution is 2.20. The van der Waals surface area contributed by atoms with E-state index in [-0.39, 0.29) is 0 Å². The first kappa shape index (κ1) is 15.0. The molecule has 0 atom stereocenters. The van der Waals surface area contributed by atoms with Gasteiger partial charge in [0.2, 0.25) is 0 Å². The predicted octanol–water partition coefficient (Wildman–Crippen LogP) is 2.62. The van der Waals surface area contributed by atoms with E-state index in [0.717, 1.165) is 32.6 Å². The van der Waals surface area contributed by atoms with Gasteiger partial charge in [0.15, 0.2) is 0 Å². The number of hydrogen-bond acceptors (Lipinski definition) is 3. The number of aryl methyl sites for hydroxylation is 1. The van der Waals surface area contributed by atoms with Gasteiger partial charge in [-0.3, -0.25) is 9.58 Å².